The molecule has 0 spiro atoms. The third-order valence-corrected chi connectivity index (χ3v) is 4.71. The second-order valence-electron chi connectivity index (χ2n) is 6.74. The Morgan fingerprint density at radius 2 is 2.17 bits per heavy atom. The Kier molecular flexibility index (Phi) is 4.13. The lowest BCUT2D eigenvalue weighted by Crippen LogP contribution is -2.50. The number of hydrogen-bond acceptors (Lipinski definition) is 6. The third kappa shape index (κ3) is 3.46. The molecule has 0 aromatic carbocycles. The number of nitrogens with zero attached hydrogens (tertiary/aromatic N) is 2. The van der Waals surface area contributed by atoms with E-state index in [1.807, 2.05) is 37.4 Å². The summed E-state index contributed by atoms with van der Waals surface area (Å²) in [7, 11) is 0. The number of pyridine rings is 1. The second-order valence-corrected chi connectivity index (χ2v) is 7.60. The van der Waals surface area contributed by atoms with Gasteiger partial charge in [-0.3, -0.25) is 9.78 Å². The van der Waals surface area contributed by atoms with Gasteiger partial charge in [-0.25, -0.2) is 9.78 Å². The summed E-state index contributed by atoms with van der Waals surface area (Å²) in [5, 5.41) is 5.40. The summed E-state index contributed by atoms with van der Waals surface area (Å²) in [6, 6.07) is 5.61. The Morgan fingerprint density at radius 1 is 1.38 bits per heavy atom. The smallest absolute Gasteiger partial charge is 0.332 e. The molecule has 1 saturated heterocycles. The van der Waals surface area contributed by atoms with Crippen LogP contribution >= 0.6 is 11.3 Å². The largest absolute Gasteiger partial charge is 0.458 e. The second kappa shape index (κ2) is 5.98. The summed E-state index contributed by atoms with van der Waals surface area (Å²) in [5.41, 5.74) is -0.110. The molecule has 1 N–H and O–H groups in total. The van der Waals surface area contributed by atoms with E-state index < -0.39 is 17.1 Å². The van der Waals surface area contributed by atoms with Crippen LogP contribution in [0.4, 0.5) is 0 Å². The van der Waals surface area contributed by atoms with Crippen LogP contribution in [0.2, 0.25) is 0 Å². The first kappa shape index (κ1) is 16.6. The highest BCUT2D eigenvalue weighted by Gasteiger charge is 2.50. The zero-order valence-corrected chi connectivity index (χ0v) is 14.6. The van der Waals surface area contributed by atoms with E-state index in [4.69, 9.17) is 4.74 Å². The SMILES string of the molecule is CC1(C)C[C@@](C)(NC(=O)Cc2csc(-c3ccccn3)n2)C(=O)O1. The summed E-state index contributed by atoms with van der Waals surface area (Å²) in [5.74, 6) is -0.640. The van der Waals surface area contributed by atoms with Gasteiger partial charge >= 0.3 is 5.97 Å². The van der Waals surface area contributed by atoms with Gasteiger partial charge in [-0.15, -0.1) is 11.3 Å². The minimum atomic E-state index is -0.986. The van der Waals surface area contributed by atoms with Gasteiger partial charge in [-0.1, -0.05) is 6.07 Å². The molecule has 3 rings (SSSR count). The summed E-state index contributed by atoms with van der Waals surface area (Å²) in [6.45, 7) is 5.37. The fraction of sp³-hybridized carbons (Fsp3) is 0.412. The maximum absolute atomic E-state index is 12.3. The molecule has 3 heterocycles. The van der Waals surface area contributed by atoms with Crippen molar-refractivity contribution in [3.63, 3.8) is 0 Å². The van der Waals surface area contributed by atoms with E-state index in [-0.39, 0.29) is 12.3 Å². The molecule has 6 nitrogen and oxygen atoms in total. The van der Waals surface area contributed by atoms with E-state index in [1.165, 1.54) is 11.3 Å². The van der Waals surface area contributed by atoms with Crippen molar-refractivity contribution in [2.45, 2.75) is 44.8 Å². The average molecular weight is 345 g/mol. The predicted molar refractivity (Wildman–Crippen MR) is 90.4 cm³/mol. The molecule has 1 amide bonds. The van der Waals surface area contributed by atoms with E-state index >= 15 is 0 Å². The van der Waals surface area contributed by atoms with E-state index in [0.717, 1.165) is 10.7 Å². The maximum atomic E-state index is 12.3. The van der Waals surface area contributed by atoms with Crippen molar-refractivity contribution in [2.75, 3.05) is 0 Å². The van der Waals surface area contributed by atoms with Crippen molar-refractivity contribution in [2.24, 2.45) is 0 Å². The normalized spacial score (nSPS) is 22.2. The monoisotopic (exact) mass is 345 g/mol. The number of carbonyl (C=O) groups is 2. The molecular formula is C17H19N3O3S. The van der Waals surface area contributed by atoms with E-state index in [1.54, 1.807) is 13.1 Å². The van der Waals surface area contributed by atoms with Crippen molar-refractivity contribution >= 4 is 23.2 Å². The van der Waals surface area contributed by atoms with Gasteiger partial charge in [-0.05, 0) is 32.9 Å². The van der Waals surface area contributed by atoms with Crippen LogP contribution in [0.5, 0.6) is 0 Å². The Bertz CT molecular complexity index is 772. The van der Waals surface area contributed by atoms with Gasteiger partial charge < -0.3 is 10.1 Å². The van der Waals surface area contributed by atoms with Crippen molar-refractivity contribution < 1.29 is 14.3 Å². The summed E-state index contributed by atoms with van der Waals surface area (Å²) in [6.07, 6.45) is 2.27. The van der Waals surface area contributed by atoms with Crippen molar-refractivity contribution in [3.05, 3.63) is 35.5 Å². The highest BCUT2D eigenvalue weighted by molar-refractivity contribution is 7.13. The van der Waals surface area contributed by atoms with Gasteiger partial charge in [0.25, 0.3) is 0 Å². The third-order valence-electron chi connectivity index (χ3n) is 3.79. The van der Waals surface area contributed by atoms with Gasteiger partial charge in [0.05, 0.1) is 17.8 Å². The Morgan fingerprint density at radius 3 is 2.79 bits per heavy atom. The molecule has 0 aliphatic carbocycles. The number of rotatable bonds is 4. The number of nitrogens with one attached hydrogen (secondary N) is 1. The molecule has 0 bridgehead atoms. The summed E-state index contributed by atoms with van der Waals surface area (Å²) in [4.78, 5) is 33.0. The van der Waals surface area contributed by atoms with Crippen molar-refractivity contribution in [1.82, 2.24) is 15.3 Å². The highest BCUT2D eigenvalue weighted by atomic mass is 32.1. The molecule has 1 atom stereocenters. The minimum absolute atomic E-state index is 0.118. The van der Waals surface area contributed by atoms with E-state index in [9.17, 15) is 9.59 Å². The molecule has 0 saturated carbocycles. The highest BCUT2D eigenvalue weighted by Crippen LogP contribution is 2.33. The van der Waals surface area contributed by atoms with E-state index in [2.05, 4.69) is 15.3 Å². The Labute approximate surface area is 144 Å². The zero-order chi connectivity index (χ0) is 17.4. The van der Waals surface area contributed by atoms with Crippen LogP contribution in [-0.2, 0) is 20.7 Å². The van der Waals surface area contributed by atoms with Crippen LogP contribution in [0.3, 0.4) is 0 Å². The molecule has 24 heavy (non-hydrogen) atoms. The molecule has 1 aliphatic rings. The lowest BCUT2D eigenvalue weighted by atomic mass is 9.91. The zero-order valence-electron chi connectivity index (χ0n) is 13.8. The molecule has 126 valence electrons. The van der Waals surface area contributed by atoms with Crippen LogP contribution in [0, 0.1) is 0 Å². The molecule has 0 unspecified atom stereocenters. The quantitative estimate of drug-likeness (QED) is 0.860. The van der Waals surface area contributed by atoms with Crippen molar-refractivity contribution in [3.8, 4) is 10.7 Å². The average Bonchev–Trinajstić information content (AvgIpc) is 3.02. The molecule has 7 heteroatoms. The molecule has 2 aromatic heterocycles. The van der Waals surface area contributed by atoms with Crippen LogP contribution in [0.15, 0.2) is 29.8 Å². The number of aromatic nitrogens is 2. The number of esters is 1. The van der Waals surface area contributed by atoms with E-state index in [0.29, 0.717) is 12.1 Å². The number of thiazole rings is 1. The van der Waals surface area contributed by atoms with Crippen LogP contribution < -0.4 is 5.32 Å². The fourth-order valence-electron chi connectivity index (χ4n) is 2.93. The summed E-state index contributed by atoms with van der Waals surface area (Å²) >= 11 is 1.44. The number of cyclic esters (lactones) is 1. The number of hydrogen-bond donors (Lipinski definition) is 1. The van der Waals surface area contributed by atoms with Gasteiger partial charge in [0.1, 0.15) is 16.1 Å². The molecule has 1 fully saturated rings. The van der Waals surface area contributed by atoms with Gasteiger partial charge in [0, 0.05) is 18.0 Å². The standard InChI is InChI=1S/C17H19N3O3S/c1-16(2)10-17(3,15(22)23-16)20-13(21)8-11-9-24-14(19-11)12-6-4-5-7-18-12/h4-7,9H,8,10H2,1-3H3,(H,20,21)/t17-/m1/s1. The molecular weight excluding hydrogens is 326 g/mol. The number of carbonyl (C=O) groups excluding carboxylic acids is 2. The van der Waals surface area contributed by atoms with Gasteiger partial charge in [0.2, 0.25) is 5.91 Å². The fourth-order valence-corrected chi connectivity index (χ4v) is 3.73. The molecule has 2 aromatic rings. The minimum Gasteiger partial charge on any atom is -0.458 e. The Balaban J connectivity index is 1.66. The maximum Gasteiger partial charge on any atom is 0.332 e. The van der Waals surface area contributed by atoms with Crippen molar-refractivity contribution in [1.29, 1.82) is 0 Å². The van der Waals surface area contributed by atoms with Gasteiger partial charge in [0.15, 0.2) is 0 Å². The topological polar surface area (TPSA) is 81.2 Å². The van der Waals surface area contributed by atoms with Gasteiger partial charge in [-0.2, -0.15) is 0 Å². The molecule has 1 aliphatic heterocycles. The first-order valence-corrected chi connectivity index (χ1v) is 8.56. The lowest BCUT2D eigenvalue weighted by Gasteiger charge is -2.21. The number of amides is 1. The van der Waals surface area contributed by atoms with Crippen LogP contribution in [0.25, 0.3) is 10.7 Å². The Hall–Kier alpha value is -2.28. The predicted octanol–water partition coefficient (Wildman–Crippen LogP) is 2.35. The first-order chi connectivity index (χ1) is 11.3. The first-order valence-electron chi connectivity index (χ1n) is 7.68. The molecule has 0 radical (unpaired) electrons. The number of ether oxygens (including phenoxy) is 1. The van der Waals surface area contributed by atoms with Crippen LogP contribution in [-0.4, -0.2) is 33.0 Å². The van der Waals surface area contributed by atoms with Crippen LogP contribution in [0.1, 0.15) is 32.9 Å². The summed E-state index contributed by atoms with van der Waals surface area (Å²) < 4.78 is 5.30. The lowest BCUT2D eigenvalue weighted by molar-refractivity contribution is -0.151.